The molecule has 2 heterocycles. The summed E-state index contributed by atoms with van der Waals surface area (Å²) in [5, 5.41) is 6.39. The van der Waals surface area contributed by atoms with Crippen molar-refractivity contribution in [3.63, 3.8) is 0 Å². The molecule has 0 spiro atoms. The second-order valence-corrected chi connectivity index (χ2v) is 4.72. The summed E-state index contributed by atoms with van der Waals surface area (Å²) in [5.74, 6) is 0.244. The minimum absolute atomic E-state index is 0.217. The summed E-state index contributed by atoms with van der Waals surface area (Å²) in [4.78, 5) is 19.2. The fourth-order valence-corrected chi connectivity index (χ4v) is 2.20. The van der Waals surface area contributed by atoms with E-state index in [1.807, 2.05) is 12.1 Å². The number of benzene rings is 1. The lowest BCUT2D eigenvalue weighted by molar-refractivity contribution is 0.101. The van der Waals surface area contributed by atoms with Crippen LogP contribution in [-0.4, -0.2) is 23.3 Å². The second kappa shape index (κ2) is 4.62. The zero-order valence-corrected chi connectivity index (χ0v) is 10.5. The predicted octanol–water partition coefficient (Wildman–Crippen LogP) is 1.74. The smallest absolute Gasteiger partial charge is 0.277 e. The van der Waals surface area contributed by atoms with Gasteiger partial charge in [-0.05, 0) is 11.6 Å². The average Bonchev–Trinajstić information content (AvgIpc) is 2.97. The molecule has 3 rings (SSSR count). The number of rotatable bonds is 3. The van der Waals surface area contributed by atoms with Crippen molar-refractivity contribution in [2.75, 3.05) is 11.2 Å². The summed E-state index contributed by atoms with van der Waals surface area (Å²) in [7, 11) is 0. The molecule has 0 fully saturated rings. The number of amides is 1. The number of hydrazone groups is 1. The molecular formula is C12H9N5OS. The zero-order chi connectivity index (χ0) is 13.2. The minimum Gasteiger partial charge on any atom is -0.383 e. The standard InChI is InChI=1S/C12H9N5OS/c13-10-6-19-12(16-10)17-15-4-7-1-2-8-5-14-11(18)9(8)3-7/h1-6H,13H2,(H,16,17). The largest absolute Gasteiger partial charge is 0.383 e. The average molecular weight is 271 g/mol. The first-order valence-electron chi connectivity index (χ1n) is 5.45. The van der Waals surface area contributed by atoms with Crippen LogP contribution >= 0.6 is 11.3 Å². The third-order valence-electron chi connectivity index (χ3n) is 2.52. The Morgan fingerprint density at radius 3 is 3.11 bits per heavy atom. The van der Waals surface area contributed by atoms with Crippen LogP contribution in [0.4, 0.5) is 10.9 Å². The highest BCUT2D eigenvalue weighted by molar-refractivity contribution is 7.14. The number of fused-ring (bicyclic) bond motifs is 1. The molecule has 0 aliphatic carbocycles. The van der Waals surface area contributed by atoms with Gasteiger partial charge in [-0.1, -0.05) is 12.1 Å². The molecule has 2 aromatic rings. The summed E-state index contributed by atoms with van der Waals surface area (Å²) < 4.78 is 0. The van der Waals surface area contributed by atoms with E-state index in [1.165, 1.54) is 11.3 Å². The Balaban J connectivity index is 1.74. The Kier molecular flexibility index (Phi) is 2.81. The van der Waals surface area contributed by atoms with Crippen molar-refractivity contribution in [3.8, 4) is 0 Å². The first-order valence-corrected chi connectivity index (χ1v) is 6.33. The Bertz CT molecular complexity index is 704. The van der Waals surface area contributed by atoms with Gasteiger partial charge in [0.2, 0.25) is 5.13 Å². The summed E-state index contributed by atoms with van der Waals surface area (Å²) in [5.41, 5.74) is 10.5. The molecule has 0 saturated carbocycles. The highest BCUT2D eigenvalue weighted by Gasteiger charge is 2.14. The summed E-state index contributed by atoms with van der Waals surface area (Å²) >= 11 is 1.37. The van der Waals surface area contributed by atoms with Crippen LogP contribution in [0.5, 0.6) is 0 Å². The molecule has 19 heavy (non-hydrogen) atoms. The fourth-order valence-electron chi connectivity index (χ4n) is 1.65. The molecule has 0 radical (unpaired) electrons. The number of anilines is 2. The Labute approximate surface area is 112 Å². The molecule has 1 aliphatic rings. The quantitative estimate of drug-likeness (QED) is 0.657. The summed E-state index contributed by atoms with van der Waals surface area (Å²) in [6.07, 6.45) is 3.18. The van der Waals surface area contributed by atoms with Crippen LogP contribution in [0.25, 0.3) is 0 Å². The maximum Gasteiger partial charge on any atom is 0.277 e. The van der Waals surface area contributed by atoms with E-state index in [9.17, 15) is 4.79 Å². The number of nitrogens with two attached hydrogens (primary N) is 1. The van der Waals surface area contributed by atoms with Gasteiger partial charge >= 0.3 is 0 Å². The van der Waals surface area contributed by atoms with Gasteiger partial charge in [-0.3, -0.25) is 10.2 Å². The molecular weight excluding hydrogens is 262 g/mol. The molecule has 3 N–H and O–H groups in total. The van der Waals surface area contributed by atoms with E-state index < -0.39 is 0 Å². The molecule has 94 valence electrons. The van der Waals surface area contributed by atoms with Gasteiger partial charge in [0.1, 0.15) is 5.82 Å². The number of nitrogen functional groups attached to an aromatic ring is 1. The SMILES string of the molecule is Nc1csc(NN=Cc2ccc3c(c2)C(=O)N=C3)n1. The van der Waals surface area contributed by atoms with Crippen molar-refractivity contribution in [1.29, 1.82) is 0 Å². The molecule has 6 nitrogen and oxygen atoms in total. The number of hydrogen-bond donors (Lipinski definition) is 2. The Hall–Kier alpha value is -2.54. The molecule has 0 bridgehead atoms. The number of nitrogens with one attached hydrogen (secondary N) is 1. The Morgan fingerprint density at radius 1 is 1.42 bits per heavy atom. The highest BCUT2D eigenvalue weighted by atomic mass is 32.1. The van der Waals surface area contributed by atoms with Gasteiger partial charge in [-0.25, -0.2) is 9.98 Å². The van der Waals surface area contributed by atoms with Crippen molar-refractivity contribution in [2.24, 2.45) is 10.1 Å². The van der Waals surface area contributed by atoms with Crippen LogP contribution in [0.2, 0.25) is 0 Å². The maximum absolute atomic E-state index is 11.4. The molecule has 1 aromatic carbocycles. The fraction of sp³-hybridized carbons (Fsp3) is 0. The van der Waals surface area contributed by atoms with Crippen LogP contribution in [0.3, 0.4) is 0 Å². The molecule has 1 amide bonds. The van der Waals surface area contributed by atoms with E-state index in [4.69, 9.17) is 5.73 Å². The minimum atomic E-state index is -0.217. The lowest BCUT2D eigenvalue weighted by atomic mass is 10.1. The van der Waals surface area contributed by atoms with E-state index in [0.29, 0.717) is 16.5 Å². The molecule has 0 saturated heterocycles. The zero-order valence-electron chi connectivity index (χ0n) is 9.70. The van der Waals surface area contributed by atoms with Gasteiger partial charge in [0, 0.05) is 17.2 Å². The van der Waals surface area contributed by atoms with E-state index in [2.05, 4.69) is 20.5 Å². The van der Waals surface area contributed by atoms with E-state index in [-0.39, 0.29) is 5.91 Å². The highest BCUT2D eigenvalue weighted by Crippen LogP contribution is 2.17. The monoisotopic (exact) mass is 271 g/mol. The van der Waals surface area contributed by atoms with Crippen molar-refractivity contribution < 1.29 is 4.79 Å². The second-order valence-electron chi connectivity index (χ2n) is 3.86. The van der Waals surface area contributed by atoms with Gasteiger partial charge in [-0.2, -0.15) is 5.10 Å². The number of thiazole rings is 1. The van der Waals surface area contributed by atoms with E-state index in [1.54, 1.807) is 23.9 Å². The van der Waals surface area contributed by atoms with Gasteiger partial charge in [0.25, 0.3) is 5.91 Å². The summed E-state index contributed by atoms with van der Waals surface area (Å²) in [6, 6.07) is 5.46. The van der Waals surface area contributed by atoms with Gasteiger partial charge in [-0.15, -0.1) is 11.3 Å². The number of carbonyl (C=O) groups excluding carboxylic acids is 1. The van der Waals surface area contributed by atoms with Crippen LogP contribution in [0.1, 0.15) is 21.5 Å². The van der Waals surface area contributed by atoms with Crippen LogP contribution in [-0.2, 0) is 0 Å². The Morgan fingerprint density at radius 2 is 2.32 bits per heavy atom. The number of aliphatic imine (C=N–C) groups is 1. The molecule has 1 aliphatic heterocycles. The normalized spacial score (nSPS) is 13.2. The third-order valence-corrected chi connectivity index (χ3v) is 3.29. The van der Waals surface area contributed by atoms with Crippen LogP contribution < -0.4 is 11.2 Å². The van der Waals surface area contributed by atoms with Crippen molar-refractivity contribution in [1.82, 2.24) is 4.98 Å². The maximum atomic E-state index is 11.4. The summed E-state index contributed by atoms with van der Waals surface area (Å²) in [6.45, 7) is 0. The van der Waals surface area contributed by atoms with Gasteiger partial charge < -0.3 is 5.73 Å². The van der Waals surface area contributed by atoms with Gasteiger partial charge in [0.05, 0.1) is 11.8 Å². The third kappa shape index (κ3) is 2.36. The number of nitrogens with zero attached hydrogens (tertiary/aromatic N) is 3. The predicted molar refractivity (Wildman–Crippen MR) is 76.1 cm³/mol. The number of aromatic nitrogens is 1. The van der Waals surface area contributed by atoms with Crippen molar-refractivity contribution >= 4 is 40.6 Å². The number of hydrogen-bond acceptors (Lipinski definition) is 6. The number of carbonyl (C=O) groups is 1. The van der Waals surface area contributed by atoms with E-state index >= 15 is 0 Å². The molecule has 7 heteroatoms. The van der Waals surface area contributed by atoms with Gasteiger partial charge in [0.15, 0.2) is 0 Å². The molecule has 1 aromatic heterocycles. The lowest BCUT2D eigenvalue weighted by Gasteiger charge is -1.98. The molecule has 0 atom stereocenters. The van der Waals surface area contributed by atoms with Crippen LogP contribution in [0.15, 0.2) is 33.7 Å². The lowest BCUT2D eigenvalue weighted by Crippen LogP contribution is -1.95. The van der Waals surface area contributed by atoms with Crippen molar-refractivity contribution in [3.05, 3.63) is 40.3 Å². The first kappa shape index (κ1) is 11.5. The van der Waals surface area contributed by atoms with Crippen molar-refractivity contribution in [2.45, 2.75) is 0 Å². The molecule has 0 unspecified atom stereocenters. The van der Waals surface area contributed by atoms with E-state index in [0.717, 1.165) is 11.1 Å². The first-order chi connectivity index (χ1) is 9.22. The van der Waals surface area contributed by atoms with Crippen LogP contribution in [0, 0.1) is 0 Å². The topological polar surface area (TPSA) is 92.7 Å².